The first-order chi connectivity index (χ1) is 8.86. The van der Waals surface area contributed by atoms with Crippen molar-refractivity contribution >= 4 is 10.8 Å². The van der Waals surface area contributed by atoms with Gasteiger partial charge in [0.2, 0.25) is 0 Å². The van der Waals surface area contributed by atoms with Gasteiger partial charge >= 0.3 is 0 Å². The van der Waals surface area contributed by atoms with Gasteiger partial charge in [-0.1, -0.05) is 42.2 Å². The van der Waals surface area contributed by atoms with Crippen LogP contribution in [0.4, 0.5) is 0 Å². The first-order valence-electron chi connectivity index (χ1n) is 5.69. The second kappa shape index (κ2) is 6.06. The Morgan fingerprint density at radius 3 is 2.78 bits per heavy atom. The van der Waals surface area contributed by atoms with Gasteiger partial charge in [0.15, 0.2) is 6.79 Å². The molecule has 0 spiro atoms. The molecule has 2 aromatic rings. The fourth-order valence-electron chi connectivity index (χ4n) is 1.76. The third-order valence-corrected chi connectivity index (χ3v) is 2.54. The molecule has 18 heavy (non-hydrogen) atoms. The van der Waals surface area contributed by atoms with Crippen LogP contribution in [0.5, 0.6) is 5.75 Å². The van der Waals surface area contributed by atoms with Crippen LogP contribution < -0.4 is 10.5 Å². The van der Waals surface area contributed by atoms with Gasteiger partial charge in [0.05, 0.1) is 12.1 Å². The Hall–Kier alpha value is -2.02. The lowest BCUT2D eigenvalue weighted by Gasteiger charge is -2.09. The SMILES string of the molecule is COCOc1ccc2ccccc2c1C#CCN. The van der Waals surface area contributed by atoms with Crippen molar-refractivity contribution in [3.05, 3.63) is 42.0 Å². The highest BCUT2D eigenvalue weighted by molar-refractivity contribution is 5.90. The van der Waals surface area contributed by atoms with E-state index in [0.29, 0.717) is 6.54 Å². The van der Waals surface area contributed by atoms with Gasteiger partial charge in [-0.25, -0.2) is 0 Å². The Morgan fingerprint density at radius 1 is 1.17 bits per heavy atom. The summed E-state index contributed by atoms with van der Waals surface area (Å²) in [6.45, 7) is 0.530. The zero-order valence-electron chi connectivity index (χ0n) is 10.3. The minimum Gasteiger partial charge on any atom is -0.466 e. The van der Waals surface area contributed by atoms with Gasteiger partial charge < -0.3 is 15.2 Å². The van der Waals surface area contributed by atoms with Crippen LogP contribution in [0.3, 0.4) is 0 Å². The van der Waals surface area contributed by atoms with Crippen LogP contribution in [0.2, 0.25) is 0 Å². The van der Waals surface area contributed by atoms with Gasteiger partial charge in [-0.15, -0.1) is 0 Å². The highest BCUT2D eigenvalue weighted by atomic mass is 16.7. The molecule has 0 heterocycles. The van der Waals surface area contributed by atoms with Crippen molar-refractivity contribution in [2.75, 3.05) is 20.4 Å². The first kappa shape index (κ1) is 12.4. The number of fused-ring (bicyclic) bond motifs is 1. The van der Waals surface area contributed by atoms with E-state index in [4.69, 9.17) is 15.2 Å². The van der Waals surface area contributed by atoms with Crippen LogP contribution in [0.15, 0.2) is 36.4 Å². The largest absolute Gasteiger partial charge is 0.466 e. The number of nitrogens with two attached hydrogens (primary N) is 1. The molecule has 0 aliphatic carbocycles. The summed E-state index contributed by atoms with van der Waals surface area (Å²) < 4.78 is 10.4. The maximum Gasteiger partial charge on any atom is 0.188 e. The van der Waals surface area contributed by atoms with Crippen molar-refractivity contribution in [2.24, 2.45) is 5.73 Å². The zero-order valence-corrected chi connectivity index (χ0v) is 10.3. The summed E-state index contributed by atoms with van der Waals surface area (Å²) in [4.78, 5) is 0. The van der Waals surface area contributed by atoms with Crippen molar-refractivity contribution < 1.29 is 9.47 Å². The molecule has 3 nitrogen and oxygen atoms in total. The van der Waals surface area contributed by atoms with Crippen molar-refractivity contribution in [3.8, 4) is 17.6 Å². The van der Waals surface area contributed by atoms with Crippen LogP contribution in [-0.4, -0.2) is 20.4 Å². The molecule has 2 aromatic carbocycles. The predicted octanol–water partition coefficient (Wildman–Crippen LogP) is 2.13. The van der Waals surface area contributed by atoms with Gasteiger partial charge in [0.1, 0.15) is 5.75 Å². The third-order valence-electron chi connectivity index (χ3n) is 2.54. The Morgan fingerprint density at radius 2 is 2.00 bits per heavy atom. The lowest BCUT2D eigenvalue weighted by molar-refractivity contribution is 0.0510. The van der Waals surface area contributed by atoms with Crippen LogP contribution in [0.25, 0.3) is 10.8 Å². The molecule has 3 heteroatoms. The smallest absolute Gasteiger partial charge is 0.188 e. The Bertz CT molecular complexity index is 596. The van der Waals surface area contributed by atoms with E-state index in [1.165, 1.54) is 0 Å². The maximum atomic E-state index is 5.53. The van der Waals surface area contributed by atoms with E-state index in [1.807, 2.05) is 36.4 Å². The highest BCUT2D eigenvalue weighted by Crippen LogP contribution is 2.27. The van der Waals surface area contributed by atoms with E-state index in [2.05, 4.69) is 11.8 Å². The van der Waals surface area contributed by atoms with Crippen LogP contribution in [0.1, 0.15) is 5.56 Å². The number of ether oxygens (including phenoxy) is 2. The predicted molar refractivity (Wildman–Crippen MR) is 72.4 cm³/mol. The van der Waals surface area contributed by atoms with Gasteiger partial charge in [0, 0.05) is 12.5 Å². The number of benzene rings is 2. The van der Waals surface area contributed by atoms with Crippen molar-refractivity contribution in [1.82, 2.24) is 0 Å². The van der Waals surface area contributed by atoms with Gasteiger partial charge in [-0.3, -0.25) is 0 Å². The summed E-state index contributed by atoms with van der Waals surface area (Å²) in [6.07, 6.45) is 0. The molecule has 0 aliphatic rings. The molecular weight excluding hydrogens is 226 g/mol. The molecule has 0 aromatic heterocycles. The fourth-order valence-corrected chi connectivity index (χ4v) is 1.76. The minimum atomic E-state index is 0.204. The zero-order chi connectivity index (χ0) is 12.8. The number of hydrogen-bond acceptors (Lipinski definition) is 3. The van der Waals surface area contributed by atoms with Crippen LogP contribution in [-0.2, 0) is 4.74 Å². The normalized spacial score (nSPS) is 9.89. The molecule has 0 amide bonds. The molecule has 0 radical (unpaired) electrons. The minimum absolute atomic E-state index is 0.204. The second-order valence-electron chi connectivity index (χ2n) is 3.72. The Kier molecular flexibility index (Phi) is 4.19. The molecule has 92 valence electrons. The van der Waals surface area contributed by atoms with Gasteiger partial charge in [-0.05, 0) is 11.5 Å². The van der Waals surface area contributed by atoms with E-state index in [-0.39, 0.29) is 6.79 Å². The molecule has 0 aliphatic heterocycles. The van der Waals surface area contributed by atoms with E-state index in [0.717, 1.165) is 22.1 Å². The molecular formula is C15H15NO2. The van der Waals surface area contributed by atoms with Gasteiger partial charge in [-0.2, -0.15) is 0 Å². The van der Waals surface area contributed by atoms with Crippen LogP contribution in [0, 0.1) is 11.8 Å². The molecule has 2 rings (SSSR count). The maximum absolute atomic E-state index is 5.53. The molecule has 0 saturated carbocycles. The van der Waals surface area contributed by atoms with E-state index >= 15 is 0 Å². The van der Waals surface area contributed by atoms with E-state index in [9.17, 15) is 0 Å². The topological polar surface area (TPSA) is 44.5 Å². The van der Waals surface area contributed by atoms with Crippen molar-refractivity contribution in [3.63, 3.8) is 0 Å². The molecule has 0 atom stereocenters. The van der Waals surface area contributed by atoms with Crippen molar-refractivity contribution in [2.45, 2.75) is 0 Å². The van der Waals surface area contributed by atoms with E-state index in [1.54, 1.807) is 7.11 Å². The van der Waals surface area contributed by atoms with Crippen molar-refractivity contribution in [1.29, 1.82) is 0 Å². The standard InChI is InChI=1S/C15H15NO2/c1-17-11-18-15-9-8-12-5-2-3-6-13(12)14(15)7-4-10-16/h2-3,5-6,8-9H,10-11,16H2,1H3. The van der Waals surface area contributed by atoms with Crippen LogP contribution >= 0.6 is 0 Å². The lowest BCUT2D eigenvalue weighted by Crippen LogP contribution is -2.01. The number of hydrogen-bond donors (Lipinski definition) is 1. The average Bonchev–Trinajstić information content (AvgIpc) is 2.43. The van der Waals surface area contributed by atoms with E-state index < -0.39 is 0 Å². The second-order valence-corrected chi connectivity index (χ2v) is 3.72. The Balaban J connectivity index is 2.55. The summed E-state index contributed by atoms with van der Waals surface area (Å²) >= 11 is 0. The lowest BCUT2D eigenvalue weighted by atomic mass is 10.0. The first-order valence-corrected chi connectivity index (χ1v) is 5.69. The average molecular weight is 241 g/mol. The molecule has 0 bridgehead atoms. The Labute approximate surface area is 107 Å². The van der Waals surface area contributed by atoms with Gasteiger partial charge in [0.25, 0.3) is 0 Å². The summed E-state index contributed by atoms with van der Waals surface area (Å²) in [6, 6.07) is 12.0. The summed E-state index contributed by atoms with van der Waals surface area (Å²) in [5.74, 6) is 6.66. The molecule has 0 unspecified atom stereocenters. The molecule has 0 fully saturated rings. The summed E-state index contributed by atoms with van der Waals surface area (Å²) in [5, 5.41) is 2.19. The fraction of sp³-hybridized carbons (Fsp3) is 0.200. The quantitative estimate of drug-likeness (QED) is 0.661. The number of rotatable bonds is 3. The highest BCUT2D eigenvalue weighted by Gasteiger charge is 2.06. The summed E-state index contributed by atoms with van der Waals surface area (Å²) in [5.41, 5.74) is 6.29. The summed E-state index contributed by atoms with van der Waals surface area (Å²) in [7, 11) is 1.59. The molecule has 2 N–H and O–H groups in total. The third kappa shape index (κ3) is 2.62. The molecule has 0 saturated heterocycles. The monoisotopic (exact) mass is 241 g/mol. The number of methoxy groups -OCH3 is 1.